The zero-order chi connectivity index (χ0) is 16.7. The molecular formula is C16H23FN2O3S. The summed E-state index contributed by atoms with van der Waals surface area (Å²) in [6.45, 7) is 1.66. The second-order valence-corrected chi connectivity index (χ2v) is 8.58. The SMILES string of the molecule is CN(c1ccc(F)cc1)[C@@H]1COC2(CCN(S(C)(=O)=O)CC2)C1. The molecule has 0 aliphatic carbocycles. The molecule has 1 aromatic carbocycles. The summed E-state index contributed by atoms with van der Waals surface area (Å²) in [4.78, 5) is 2.12. The van der Waals surface area contributed by atoms with Gasteiger partial charge in [-0.3, -0.25) is 0 Å². The van der Waals surface area contributed by atoms with Gasteiger partial charge in [0.15, 0.2) is 0 Å². The fourth-order valence-corrected chi connectivity index (χ4v) is 4.38. The zero-order valence-electron chi connectivity index (χ0n) is 13.5. The van der Waals surface area contributed by atoms with E-state index in [0.717, 1.165) is 24.9 Å². The molecule has 2 heterocycles. The number of ether oxygens (including phenoxy) is 1. The third-order valence-electron chi connectivity index (χ3n) is 5.07. The van der Waals surface area contributed by atoms with Crippen LogP contribution in [0.1, 0.15) is 19.3 Å². The van der Waals surface area contributed by atoms with Gasteiger partial charge < -0.3 is 9.64 Å². The van der Waals surface area contributed by atoms with Crippen molar-refractivity contribution >= 4 is 15.7 Å². The Morgan fingerprint density at radius 3 is 2.43 bits per heavy atom. The summed E-state index contributed by atoms with van der Waals surface area (Å²) in [6, 6.07) is 6.69. The van der Waals surface area contributed by atoms with Crippen LogP contribution in [0, 0.1) is 5.82 Å². The summed E-state index contributed by atoms with van der Waals surface area (Å²) < 4.78 is 43.9. The predicted octanol–water partition coefficient (Wildman–Crippen LogP) is 1.84. The molecular weight excluding hydrogens is 319 g/mol. The van der Waals surface area contributed by atoms with Crippen LogP contribution in [0.2, 0.25) is 0 Å². The molecule has 7 heteroatoms. The van der Waals surface area contributed by atoms with Crippen molar-refractivity contribution < 1.29 is 17.5 Å². The molecule has 0 N–H and O–H groups in total. The van der Waals surface area contributed by atoms with Crippen LogP contribution in [-0.2, 0) is 14.8 Å². The molecule has 2 fully saturated rings. The van der Waals surface area contributed by atoms with E-state index in [1.807, 2.05) is 7.05 Å². The lowest BCUT2D eigenvalue weighted by atomic mass is 9.88. The Labute approximate surface area is 137 Å². The van der Waals surface area contributed by atoms with Gasteiger partial charge in [0.2, 0.25) is 10.0 Å². The maximum atomic E-state index is 13.0. The van der Waals surface area contributed by atoms with E-state index in [0.29, 0.717) is 19.7 Å². The fraction of sp³-hybridized carbons (Fsp3) is 0.625. The highest BCUT2D eigenvalue weighted by molar-refractivity contribution is 7.88. The smallest absolute Gasteiger partial charge is 0.211 e. The number of nitrogens with zero attached hydrogens (tertiary/aromatic N) is 2. The Morgan fingerprint density at radius 1 is 1.26 bits per heavy atom. The first-order valence-corrected chi connectivity index (χ1v) is 9.71. The van der Waals surface area contributed by atoms with Crippen LogP contribution in [0.25, 0.3) is 0 Å². The number of halogens is 1. The molecule has 0 saturated carbocycles. The van der Waals surface area contributed by atoms with E-state index >= 15 is 0 Å². The van der Waals surface area contributed by atoms with Crippen LogP contribution < -0.4 is 4.90 Å². The molecule has 1 aromatic rings. The molecule has 2 aliphatic heterocycles. The Bertz CT molecular complexity index is 654. The first-order chi connectivity index (χ1) is 10.8. The molecule has 0 unspecified atom stereocenters. The zero-order valence-corrected chi connectivity index (χ0v) is 14.4. The summed E-state index contributed by atoms with van der Waals surface area (Å²) in [5.41, 5.74) is 0.741. The average molecular weight is 342 g/mol. The van der Waals surface area contributed by atoms with Crippen molar-refractivity contribution in [1.29, 1.82) is 0 Å². The summed E-state index contributed by atoms with van der Waals surface area (Å²) >= 11 is 0. The normalized spacial score (nSPS) is 24.9. The maximum Gasteiger partial charge on any atom is 0.211 e. The van der Waals surface area contributed by atoms with Gasteiger partial charge in [-0.2, -0.15) is 0 Å². The van der Waals surface area contributed by atoms with Gasteiger partial charge in [-0.05, 0) is 43.5 Å². The van der Waals surface area contributed by atoms with Crippen LogP contribution in [0.15, 0.2) is 24.3 Å². The highest BCUT2D eigenvalue weighted by Crippen LogP contribution is 2.38. The van der Waals surface area contributed by atoms with Gasteiger partial charge in [0, 0.05) is 25.8 Å². The summed E-state index contributed by atoms with van der Waals surface area (Å²) in [5, 5.41) is 0. The summed E-state index contributed by atoms with van der Waals surface area (Å²) in [6.07, 6.45) is 3.59. The summed E-state index contributed by atoms with van der Waals surface area (Å²) in [5.74, 6) is -0.241. The van der Waals surface area contributed by atoms with Gasteiger partial charge in [-0.1, -0.05) is 0 Å². The highest BCUT2D eigenvalue weighted by atomic mass is 32.2. The number of likely N-dealkylation sites (N-methyl/N-ethyl adjacent to an activating group) is 1. The van der Waals surface area contributed by atoms with E-state index in [1.54, 1.807) is 12.1 Å². The first-order valence-electron chi connectivity index (χ1n) is 7.87. The van der Waals surface area contributed by atoms with Gasteiger partial charge in [0.05, 0.1) is 24.5 Å². The quantitative estimate of drug-likeness (QED) is 0.841. The summed E-state index contributed by atoms with van der Waals surface area (Å²) in [7, 11) is -1.13. The molecule has 3 rings (SSSR count). The van der Waals surface area contributed by atoms with Crippen LogP contribution >= 0.6 is 0 Å². The van der Waals surface area contributed by atoms with E-state index in [1.165, 1.54) is 22.7 Å². The molecule has 1 spiro atoms. The maximum absolute atomic E-state index is 13.0. The largest absolute Gasteiger partial charge is 0.373 e. The van der Waals surface area contributed by atoms with Gasteiger partial charge in [-0.25, -0.2) is 17.1 Å². The first kappa shape index (κ1) is 16.7. The second-order valence-electron chi connectivity index (χ2n) is 6.60. The van der Waals surface area contributed by atoms with Crippen molar-refractivity contribution in [2.45, 2.75) is 30.9 Å². The highest BCUT2D eigenvalue weighted by Gasteiger charge is 2.45. The minimum absolute atomic E-state index is 0.222. The minimum atomic E-state index is -3.12. The lowest BCUT2D eigenvalue weighted by molar-refractivity contribution is -0.0309. The fourth-order valence-electron chi connectivity index (χ4n) is 3.53. The van der Waals surface area contributed by atoms with Crippen LogP contribution in [-0.4, -0.2) is 57.4 Å². The third kappa shape index (κ3) is 3.51. The predicted molar refractivity (Wildman–Crippen MR) is 87.5 cm³/mol. The minimum Gasteiger partial charge on any atom is -0.373 e. The molecule has 0 amide bonds. The average Bonchev–Trinajstić information content (AvgIpc) is 2.91. The lowest BCUT2D eigenvalue weighted by Crippen LogP contribution is -2.46. The van der Waals surface area contributed by atoms with E-state index in [9.17, 15) is 12.8 Å². The molecule has 23 heavy (non-hydrogen) atoms. The van der Waals surface area contributed by atoms with Crippen molar-refractivity contribution in [3.63, 3.8) is 0 Å². The second kappa shape index (κ2) is 6.03. The van der Waals surface area contributed by atoms with Crippen LogP contribution in [0.4, 0.5) is 10.1 Å². The molecule has 1 atom stereocenters. The molecule has 2 saturated heterocycles. The van der Waals surface area contributed by atoms with Crippen LogP contribution in [0.3, 0.4) is 0 Å². The topological polar surface area (TPSA) is 49.9 Å². The molecule has 0 aromatic heterocycles. The molecule has 128 valence electrons. The number of sulfonamides is 1. The number of anilines is 1. The van der Waals surface area contributed by atoms with E-state index < -0.39 is 10.0 Å². The van der Waals surface area contributed by atoms with Crippen molar-refractivity contribution in [1.82, 2.24) is 4.31 Å². The van der Waals surface area contributed by atoms with Crippen molar-refractivity contribution in [3.05, 3.63) is 30.1 Å². The monoisotopic (exact) mass is 342 g/mol. The Kier molecular flexibility index (Phi) is 4.37. The Balaban J connectivity index is 1.63. The molecule has 2 aliphatic rings. The van der Waals surface area contributed by atoms with Crippen LogP contribution in [0.5, 0.6) is 0 Å². The number of piperidine rings is 1. The number of hydrogen-bond acceptors (Lipinski definition) is 4. The van der Waals surface area contributed by atoms with Crippen molar-refractivity contribution in [2.24, 2.45) is 0 Å². The molecule has 0 radical (unpaired) electrons. The number of rotatable bonds is 3. The Morgan fingerprint density at radius 2 is 1.87 bits per heavy atom. The third-order valence-corrected chi connectivity index (χ3v) is 6.38. The van der Waals surface area contributed by atoms with E-state index in [-0.39, 0.29) is 17.5 Å². The standard InChI is InChI=1S/C16H23FN2O3S/c1-18(14-5-3-13(17)4-6-14)15-11-16(22-12-15)7-9-19(10-8-16)23(2,20)21/h3-6,15H,7-12H2,1-2H3/t15-/m0/s1. The van der Waals surface area contributed by atoms with Crippen molar-refractivity contribution in [2.75, 3.05) is 37.9 Å². The Hall–Kier alpha value is -1.18. The van der Waals surface area contributed by atoms with E-state index in [4.69, 9.17) is 4.74 Å². The molecule has 5 nitrogen and oxygen atoms in total. The van der Waals surface area contributed by atoms with Gasteiger partial charge in [0.1, 0.15) is 5.82 Å². The molecule has 0 bridgehead atoms. The lowest BCUT2D eigenvalue weighted by Gasteiger charge is -2.37. The van der Waals surface area contributed by atoms with E-state index in [2.05, 4.69) is 4.90 Å². The number of hydrogen-bond donors (Lipinski definition) is 0. The van der Waals surface area contributed by atoms with Gasteiger partial charge in [-0.15, -0.1) is 0 Å². The number of benzene rings is 1. The van der Waals surface area contributed by atoms with Gasteiger partial charge in [0.25, 0.3) is 0 Å². The van der Waals surface area contributed by atoms with Crippen molar-refractivity contribution in [3.8, 4) is 0 Å². The van der Waals surface area contributed by atoms with Gasteiger partial charge >= 0.3 is 0 Å².